The summed E-state index contributed by atoms with van der Waals surface area (Å²) in [5.41, 5.74) is 0. The third kappa shape index (κ3) is 3.16. The Morgan fingerprint density at radius 1 is 1.00 bits per heavy atom. The van der Waals surface area contributed by atoms with Crippen molar-refractivity contribution in [2.24, 2.45) is 29.6 Å². The minimum Gasteiger partial charge on any atom is -0.352 e. The molecule has 5 nitrogen and oxygen atoms in total. The normalized spacial score (nSPS) is 44.8. The van der Waals surface area contributed by atoms with E-state index in [0.717, 1.165) is 37.5 Å². The molecule has 0 spiro atoms. The zero-order chi connectivity index (χ0) is 16.2. The molecule has 6 heteroatoms. The lowest BCUT2D eigenvalue weighted by atomic mass is 9.88. The molecule has 0 aromatic carbocycles. The van der Waals surface area contributed by atoms with Crippen molar-refractivity contribution in [1.82, 2.24) is 10.0 Å². The second kappa shape index (κ2) is 5.73. The molecule has 0 aromatic heterocycles. The zero-order valence-electron chi connectivity index (χ0n) is 13.8. The summed E-state index contributed by atoms with van der Waals surface area (Å²) in [7, 11) is -3.51. The summed E-state index contributed by atoms with van der Waals surface area (Å²) in [6.45, 7) is 2.21. The summed E-state index contributed by atoms with van der Waals surface area (Å²) in [4.78, 5) is 12.1. The van der Waals surface area contributed by atoms with Gasteiger partial charge in [0.15, 0.2) is 0 Å². The van der Waals surface area contributed by atoms with E-state index in [2.05, 4.69) is 17.0 Å². The number of carbonyl (C=O) groups excluding carboxylic acids is 1. The van der Waals surface area contributed by atoms with E-state index in [1.54, 1.807) is 0 Å². The van der Waals surface area contributed by atoms with Gasteiger partial charge in [0, 0.05) is 12.1 Å². The van der Waals surface area contributed by atoms with Crippen molar-refractivity contribution in [3.8, 4) is 0 Å². The van der Waals surface area contributed by atoms with E-state index < -0.39 is 15.8 Å². The minimum absolute atomic E-state index is 0.0140. The van der Waals surface area contributed by atoms with Crippen molar-refractivity contribution >= 4 is 15.9 Å². The van der Waals surface area contributed by atoms with Crippen LogP contribution in [0.15, 0.2) is 0 Å². The number of carbonyl (C=O) groups is 1. The van der Waals surface area contributed by atoms with E-state index in [9.17, 15) is 13.2 Å². The second-order valence-corrected chi connectivity index (χ2v) is 10.2. The number of nitrogens with one attached hydrogen (secondary N) is 2. The van der Waals surface area contributed by atoms with E-state index in [-0.39, 0.29) is 18.0 Å². The predicted octanol–water partition coefficient (Wildman–Crippen LogP) is 1.65. The molecular formula is C17H28N2O3S. The van der Waals surface area contributed by atoms with Gasteiger partial charge in [-0.15, -0.1) is 0 Å². The fourth-order valence-corrected chi connectivity index (χ4v) is 6.85. The van der Waals surface area contributed by atoms with Crippen molar-refractivity contribution in [3.63, 3.8) is 0 Å². The molecule has 4 unspecified atom stereocenters. The molecular weight excluding hydrogens is 312 g/mol. The molecule has 4 aliphatic rings. The highest BCUT2D eigenvalue weighted by molar-refractivity contribution is 7.90. The number of sulfonamides is 1. The Bertz CT molecular complexity index is 567. The Hall–Kier alpha value is -0.620. The van der Waals surface area contributed by atoms with Gasteiger partial charge in [-0.05, 0) is 74.5 Å². The maximum atomic E-state index is 12.2. The zero-order valence-corrected chi connectivity index (χ0v) is 14.6. The Labute approximate surface area is 139 Å². The maximum Gasteiger partial charge on any atom is 0.236 e. The van der Waals surface area contributed by atoms with Gasteiger partial charge in [0.1, 0.15) is 5.75 Å². The van der Waals surface area contributed by atoms with Gasteiger partial charge >= 0.3 is 0 Å². The van der Waals surface area contributed by atoms with Crippen molar-refractivity contribution in [1.29, 1.82) is 0 Å². The van der Waals surface area contributed by atoms with Crippen molar-refractivity contribution < 1.29 is 13.2 Å². The van der Waals surface area contributed by atoms with Crippen molar-refractivity contribution in [3.05, 3.63) is 0 Å². The van der Waals surface area contributed by atoms with Crippen LogP contribution in [-0.2, 0) is 14.8 Å². The Morgan fingerprint density at radius 2 is 1.61 bits per heavy atom. The van der Waals surface area contributed by atoms with Gasteiger partial charge in [-0.25, -0.2) is 13.1 Å². The van der Waals surface area contributed by atoms with Gasteiger partial charge in [-0.1, -0.05) is 6.92 Å². The minimum atomic E-state index is -3.51. The molecule has 0 saturated heterocycles. The standard InChI is InChI=1S/C17H28N2O3S/c1-10-2-6-13(7-3-10)19-23(21,22)9-14(20)18-17-15-11-4-5-12(8-11)16(15)17/h10-13,15-17,19H,2-9H2,1H3,(H,18,20). The number of amides is 1. The molecule has 23 heavy (non-hydrogen) atoms. The van der Waals surface area contributed by atoms with Crippen LogP contribution in [0.5, 0.6) is 0 Å². The molecule has 0 heterocycles. The molecule has 0 aromatic rings. The number of rotatable bonds is 5. The molecule has 4 aliphatic carbocycles. The van der Waals surface area contributed by atoms with Gasteiger partial charge in [0.25, 0.3) is 0 Å². The molecule has 4 saturated carbocycles. The number of hydrogen-bond donors (Lipinski definition) is 2. The summed E-state index contributed by atoms with van der Waals surface area (Å²) in [6, 6.07) is 0.277. The maximum absolute atomic E-state index is 12.2. The molecule has 130 valence electrons. The fraction of sp³-hybridized carbons (Fsp3) is 0.941. The highest BCUT2D eigenvalue weighted by Gasteiger charge is 2.65. The second-order valence-electron chi connectivity index (χ2n) is 8.41. The van der Waals surface area contributed by atoms with E-state index in [1.807, 2.05) is 0 Å². The van der Waals surface area contributed by atoms with Crippen LogP contribution in [0.25, 0.3) is 0 Å². The molecule has 0 radical (unpaired) electrons. The van der Waals surface area contributed by atoms with Crippen LogP contribution in [0.4, 0.5) is 0 Å². The average Bonchev–Trinajstić information content (AvgIpc) is 2.87. The topological polar surface area (TPSA) is 75.3 Å². The summed E-state index contributed by atoms with van der Waals surface area (Å²) >= 11 is 0. The van der Waals surface area contributed by atoms with E-state index in [1.165, 1.54) is 19.3 Å². The Balaban J connectivity index is 1.25. The van der Waals surface area contributed by atoms with Crippen LogP contribution < -0.4 is 10.0 Å². The first-order chi connectivity index (χ1) is 10.9. The van der Waals surface area contributed by atoms with Gasteiger partial charge in [0.05, 0.1) is 0 Å². The SMILES string of the molecule is CC1CCC(NS(=O)(=O)CC(=O)NC2C3C4CCC(C4)C23)CC1. The van der Waals surface area contributed by atoms with Crippen LogP contribution in [0.3, 0.4) is 0 Å². The first-order valence-electron chi connectivity index (χ1n) is 9.22. The Kier molecular flexibility index (Phi) is 3.95. The lowest BCUT2D eigenvalue weighted by Gasteiger charge is -2.26. The number of hydrogen-bond acceptors (Lipinski definition) is 3. The number of fused-ring (bicyclic) bond motifs is 5. The molecule has 2 N–H and O–H groups in total. The highest BCUT2D eigenvalue weighted by Crippen LogP contribution is 2.65. The molecule has 4 rings (SSSR count). The van der Waals surface area contributed by atoms with Crippen LogP contribution in [0.1, 0.15) is 51.9 Å². The van der Waals surface area contributed by atoms with Crippen LogP contribution in [-0.4, -0.2) is 32.2 Å². The van der Waals surface area contributed by atoms with E-state index >= 15 is 0 Å². The monoisotopic (exact) mass is 340 g/mol. The fourth-order valence-electron chi connectivity index (χ4n) is 5.59. The predicted molar refractivity (Wildman–Crippen MR) is 88.1 cm³/mol. The smallest absolute Gasteiger partial charge is 0.236 e. The summed E-state index contributed by atoms with van der Waals surface area (Å²) in [5.74, 6) is 2.82. The largest absolute Gasteiger partial charge is 0.352 e. The lowest BCUT2D eigenvalue weighted by molar-refractivity contribution is -0.119. The van der Waals surface area contributed by atoms with Gasteiger partial charge in [-0.2, -0.15) is 0 Å². The molecule has 1 amide bonds. The lowest BCUT2D eigenvalue weighted by Crippen LogP contribution is -2.43. The quantitative estimate of drug-likeness (QED) is 0.799. The van der Waals surface area contributed by atoms with Gasteiger partial charge in [-0.3, -0.25) is 4.79 Å². The molecule has 4 fully saturated rings. The van der Waals surface area contributed by atoms with Crippen LogP contribution in [0.2, 0.25) is 0 Å². The first kappa shape index (κ1) is 15.9. The Morgan fingerprint density at radius 3 is 2.22 bits per heavy atom. The van der Waals surface area contributed by atoms with Crippen LogP contribution >= 0.6 is 0 Å². The molecule has 0 aliphatic heterocycles. The molecule has 4 atom stereocenters. The van der Waals surface area contributed by atoms with E-state index in [4.69, 9.17) is 0 Å². The van der Waals surface area contributed by atoms with Gasteiger partial charge in [0.2, 0.25) is 15.9 Å². The summed E-state index contributed by atoms with van der Waals surface area (Å²) in [5, 5.41) is 3.00. The summed E-state index contributed by atoms with van der Waals surface area (Å²) in [6.07, 6.45) is 7.84. The third-order valence-corrected chi connectivity index (χ3v) is 8.08. The van der Waals surface area contributed by atoms with Crippen molar-refractivity contribution in [2.45, 2.75) is 64.0 Å². The summed E-state index contributed by atoms with van der Waals surface area (Å²) < 4.78 is 27.1. The van der Waals surface area contributed by atoms with Gasteiger partial charge < -0.3 is 5.32 Å². The third-order valence-electron chi connectivity index (χ3n) is 6.75. The first-order valence-corrected chi connectivity index (χ1v) is 10.9. The van der Waals surface area contributed by atoms with Crippen LogP contribution in [0, 0.1) is 29.6 Å². The van der Waals surface area contributed by atoms with Crippen molar-refractivity contribution in [2.75, 3.05) is 5.75 Å². The molecule has 2 bridgehead atoms. The average molecular weight is 340 g/mol. The highest BCUT2D eigenvalue weighted by atomic mass is 32.2. The van der Waals surface area contributed by atoms with E-state index in [0.29, 0.717) is 17.8 Å².